The molecule has 0 aliphatic carbocycles. The van der Waals surface area contributed by atoms with Crippen LogP contribution in [0.5, 0.6) is 0 Å². The van der Waals surface area contributed by atoms with Gasteiger partial charge in [-0.3, -0.25) is 9.59 Å². The predicted octanol–water partition coefficient (Wildman–Crippen LogP) is 0.491. The van der Waals surface area contributed by atoms with E-state index in [2.05, 4.69) is 0 Å². The maximum Gasteiger partial charge on any atom is 0.331 e. The van der Waals surface area contributed by atoms with Crippen molar-refractivity contribution in [1.82, 2.24) is 5.32 Å². The van der Waals surface area contributed by atoms with E-state index in [-0.39, 0.29) is 6.42 Å². The molecule has 8 heteroatoms. The summed E-state index contributed by atoms with van der Waals surface area (Å²) in [5.74, 6) is -3.55. The van der Waals surface area contributed by atoms with Crippen molar-refractivity contribution in [2.45, 2.75) is 31.9 Å². The van der Waals surface area contributed by atoms with Gasteiger partial charge in [0.2, 0.25) is 7.85 Å². The van der Waals surface area contributed by atoms with Crippen molar-refractivity contribution in [3.05, 3.63) is 35.9 Å². The van der Waals surface area contributed by atoms with Gasteiger partial charge < -0.3 is 20.3 Å². The lowest BCUT2D eigenvalue weighted by Gasteiger charge is -2.21. The third-order valence-corrected chi connectivity index (χ3v) is 3.39. The van der Waals surface area contributed by atoms with Crippen LogP contribution in [0.1, 0.15) is 18.9 Å². The standard InChI is InChI=1S/C16H20BNO6/c1-10(24-15(22)13(9-19)18-16(17)23)7-12(14(20)21)8-11-5-3-2-4-6-11/h2-6,10,12-13,19H,7-9H2,1H3,(H,18,23)(H,20,21)/t10-,12-,13-/m0/s1. The van der Waals surface area contributed by atoms with E-state index in [1.165, 1.54) is 0 Å². The van der Waals surface area contributed by atoms with Crippen LogP contribution in [0, 0.1) is 5.92 Å². The molecule has 0 heterocycles. The number of aliphatic hydroxyl groups is 1. The molecule has 128 valence electrons. The monoisotopic (exact) mass is 333 g/mol. The number of esters is 1. The number of amides is 1. The second kappa shape index (κ2) is 9.72. The number of rotatable bonds is 9. The Morgan fingerprint density at radius 2 is 1.88 bits per heavy atom. The van der Waals surface area contributed by atoms with Crippen molar-refractivity contribution in [2.75, 3.05) is 6.61 Å². The van der Waals surface area contributed by atoms with Gasteiger partial charge in [-0.15, -0.1) is 0 Å². The molecule has 1 amide bonds. The van der Waals surface area contributed by atoms with Crippen LogP contribution in [-0.4, -0.2) is 54.6 Å². The minimum atomic E-state index is -1.28. The number of carbonyl (C=O) groups is 3. The molecule has 2 radical (unpaired) electrons. The topological polar surface area (TPSA) is 113 Å². The molecular formula is C16H20BNO6. The third-order valence-electron chi connectivity index (χ3n) is 3.39. The quantitative estimate of drug-likeness (QED) is 0.448. The van der Waals surface area contributed by atoms with Crippen molar-refractivity contribution >= 4 is 25.6 Å². The summed E-state index contributed by atoms with van der Waals surface area (Å²) in [4.78, 5) is 34.0. The lowest BCUT2D eigenvalue weighted by Crippen LogP contribution is -2.45. The summed E-state index contributed by atoms with van der Waals surface area (Å²) in [6, 6.07) is 7.85. The number of ether oxygens (including phenoxy) is 1. The Morgan fingerprint density at radius 1 is 1.25 bits per heavy atom. The molecule has 0 saturated carbocycles. The average molecular weight is 333 g/mol. The zero-order valence-corrected chi connectivity index (χ0v) is 13.3. The second-order valence-corrected chi connectivity index (χ2v) is 5.45. The summed E-state index contributed by atoms with van der Waals surface area (Å²) in [6.45, 7) is 0.887. The molecule has 0 spiro atoms. The molecule has 1 aromatic rings. The number of benzene rings is 1. The van der Waals surface area contributed by atoms with Gasteiger partial charge in [-0.1, -0.05) is 30.3 Å². The van der Waals surface area contributed by atoms with Crippen LogP contribution in [0.2, 0.25) is 0 Å². The molecule has 0 unspecified atom stereocenters. The van der Waals surface area contributed by atoms with E-state index in [9.17, 15) is 19.5 Å². The maximum absolute atomic E-state index is 11.8. The van der Waals surface area contributed by atoms with Gasteiger partial charge in [0.25, 0.3) is 0 Å². The number of carboxylic acid groups (broad SMARTS) is 1. The molecule has 0 aliphatic heterocycles. The Bertz CT molecular complexity index is 565. The van der Waals surface area contributed by atoms with E-state index in [1.54, 1.807) is 6.92 Å². The summed E-state index contributed by atoms with van der Waals surface area (Å²) < 4.78 is 5.09. The summed E-state index contributed by atoms with van der Waals surface area (Å²) >= 11 is 0. The van der Waals surface area contributed by atoms with E-state index in [0.717, 1.165) is 5.56 Å². The molecule has 1 aromatic carbocycles. The molecular weight excluding hydrogens is 313 g/mol. The van der Waals surface area contributed by atoms with E-state index in [4.69, 9.17) is 17.7 Å². The first-order valence-electron chi connectivity index (χ1n) is 7.47. The summed E-state index contributed by atoms with van der Waals surface area (Å²) in [5, 5.41) is 20.4. The molecule has 0 saturated heterocycles. The Hall–Kier alpha value is -2.35. The lowest BCUT2D eigenvalue weighted by atomic mass is 9.94. The van der Waals surface area contributed by atoms with Crippen LogP contribution < -0.4 is 5.32 Å². The minimum Gasteiger partial charge on any atom is -0.481 e. The minimum absolute atomic E-state index is 0.102. The SMILES string of the molecule is [B]C(=O)N[C@@H](CO)C(=O)O[C@@H](C)C[C@@H](Cc1ccccc1)C(=O)O. The highest BCUT2D eigenvalue weighted by molar-refractivity contribution is 6.57. The number of carbonyl (C=O) groups excluding carboxylic acids is 2. The molecule has 0 aromatic heterocycles. The Balaban J connectivity index is 2.61. The van der Waals surface area contributed by atoms with Crippen molar-refractivity contribution in [3.63, 3.8) is 0 Å². The van der Waals surface area contributed by atoms with Crippen molar-refractivity contribution in [2.24, 2.45) is 5.92 Å². The highest BCUT2D eigenvalue weighted by Gasteiger charge is 2.26. The first kappa shape index (κ1) is 19.7. The van der Waals surface area contributed by atoms with E-state index in [1.807, 2.05) is 35.6 Å². The predicted molar refractivity (Wildman–Crippen MR) is 86.6 cm³/mol. The Labute approximate surface area is 141 Å². The van der Waals surface area contributed by atoms with Gasteiger partial charge in [0, 0.05) is 0 Å². The Kier molecular flexibility index (Phi) is 7.98. The van der Waals surface area contributed by atoms with Crippen molar-refractivity contribution in [1.29, 1.82) is 0 Å². The summed E-state index contributed by atoms with van der Waals surface area (Å²) in [7, 11) is 4.90. The smallest absolute Gasteiger partial charge is 0.331 e. The fourth-order valence-electron chi connectivity index (χ4n) is 2.25. The molecule has 0 bridgehead atoms. The highest BCUT2D eigenvalue weighted by Crippen LogP contribution is 2.17. The largest absolute Gasteiger partial charge is 0.481 e. The molecule has 0 fully saturated rings. The maximum atomic E-state index is 11.8. The van der Waals surface area contributed by atoms with Gasteiger partial charge in [-0.2, -0.15) is 0 Å². The van der Waals surface area contributed by atoms with Gasteiger partial charge in [-0.05, 0) is 25.3 Å². The van der Waals surface area contributed by atoms with Crippen LogP contribution in [0.25, 0.3) is 0 Å². The van der Waals surface area contributed by atoms with E-state index < -0.39 is 42.4 Å². The Morgan fingerprint density at radius 3 is 2.38 bits per heavy atom. The first-order valence-corrected chi connectivity index (χ1v) is 7.47. The highest BCUT2D eigenvalue weighted by atomic mass is 16.5. The summed E-state index contributed by atoms with van der Waals surface area (Å²) in [6.07, 6.45) is -0.294. The van der Waals surface area contributed by atoms with Gasteiger partial charge in [-0.25, -0.2) is 4.79 Å². The van der Waals surface area contributed by atoms with Gasteiger partial charge in [0.1, 0.15) is 6.04 Å². The number of carboxylic acids is 1. The van der Waals surface area contributed by atoms with E-state index >= 15 is 0 Å². The molecule has 7 nitrogen and oxygen atoms in total. The van der Waals surface area contributed by atoms with Crippen LogP contribution in [0.3, 0.4) is 0 Å². The molecule has 3 N–H and O–H groups in total. The van der Waals surface area contributed by atoms with Crippen LogP contribution >= 0.6 is 0 Å². The van der Waals surface area contributed by atoms with E-state index in [0.29, 0.717) is 6.42 Å². The van der Waals surface area contributed by atoms with Crippen LogP contribution in [0.15, 0.2) is 30.3 Å². The first-order chi connectivity index (χ1) is 11.3. The molecule has 24 heavy (non-hydrogen) atoms. The number of nitrogens with one attached hydrogen (secondary N) is 1. The van der Waals surface area contributed by atoms with Gasteiger partial charge in [0.15, 0.2) is 5.81 Å². The fraction of sp³-hybridized carbons (Fsp3) is 0.438. The normalized spacial score (nSPS) is 14.2. The fourth-order valence-corrected chi connectivity index (χ4v) is 2.25. The number of aliphatic carboxylic acids is 1. The third kappa shape index (κ3) is 6.83. The van der Waals surface area contributed by atoms with Crippen molar-refractivity contribution in [3.8, 4) is 0 Å². The lowest BCUT2D eigenvalue weighted by molar-refractivity contribution is -0.155. The number of hydrogen-bond acceptors (Lipinski definition) is 5. The zero-order valence-electron chi connectivity index (χ0n) is 13.3. The zero-order chi connectivity index (χ0) is 18.1. The number of aliphatic hydroxyl groups excluding tert-OH is 1. The van der Waals surface area contributed by atoms with Crippen LogP contribution in [-0.2, 0) is 20.7 Å². The van der Waals surface area contributed by atoms with Crippen molar-refractivity contribution < 1.29 is 29.3 Å². The number of hydrogen-bond donors (Lipinski definition) is 3. The second-order valence-electron chi connectivity index (χ2n) is 5.45. The molecule has 0 aliphatic rings. The van der Waals surface area contributed by atoms with Crippen LogP contribution in [0.4, 0.5) is 4.79 Å². The van der Waals surface area contributed by atoms with Gasteiger partial charge in [0.05, 0.1) is 18.6 Å². The average Bonchev–Trinajstić information content (AvgIpc) is 2.52. The molecule has 3 atom stereocenters. The molecule has 1 rings (SSSR count). The summed E-state index contributed by atoms with van der Waals surface area (Å²) in [5.41, 5.74) is 0.868. The van der Waals surface area contributed by atoms with Gasteiger partial charge >= 0.3 is 11.9 Å².